The van der Waals surface area contributed by atoms with E-state index in [1.807, 2.05) is 24.3 Å². The maximum Gasteiger partial charge on any atom is 0.162 e. The summed E-state index contributed by atoms with van der Waals surface area (Å²) >= 11 is 11.6. The third kappa shape index (κ3) is 1.36. The molecule has 1 heterocycles. The Labute approximate surface area is 74.9 Å². The van der Waals surface area contributed by atoms with Crippen molar-refractivity contribution in [2.24, 2.45) is 0 Å². The zero-order chi connectivity index (χ0) is 7.84. The summed E-state index contributed by atoms with van der Waals surface area (Å²) in [6.45, 7) is 0. The molecule has 0 aliphatic carbocycles. The zero-order valence-electron chi connectivity index (χ0n) is 5.63. The fourth-order valence-corrected chi connectivity index (χ4v) is 1.50. The normalized spacial score (nSPS) is 28.5. The predicted molar refractivity (Wildman–Crippen MR) is 44.9 cm³/mol. The maximum atomic E-state index is 5.89. The molecule has 2 rings (SSSR count). The highest BCUT2D eigenvalue weighted by Crippen LogP contribution is 2.43. The molecule has 0 radical (unpaired) electrons. The van der Waals surface area contributed by atoms with E-state index in [9.17, 15) is 0 Å². The molecule has 1 saturated heterocycles. The summed E-state index contributed by atoms with van der Waals surface area (Å²) in [6, 6.07) is 7.57. The van der Waals surface area contributed by atoms with Gasteiger partial charge in [0.05, 0.1) is 0 Å². The van der Waals surface area contributed by atoms with Crippen LogP contribution in [-0.4, -0.2) is 5.56 Å². The minimum atomic E-state index is -0.185. The van der Waals surface area contributed by atoms with E-state index in [1.54, 1.807) is 0 Å². The molecule has 1 aromatic rings. The molecule has 1 fully saturated rings. The lowest BCUT2D eigenvalue weighted by Gasteiger charge is -1.96. The van der Waals surface area contributed by atoms with Gasteiger partial charge in [-0.05, 0) is 6.07 Å². The predicted octanol–water partition coefficient (Wildman–Crippen LogP) is 2.98. The Morgan fingerprint density at radius 1 is 1.27 bits per heavy atom. The summed E-state index contributed by atoms with van der Waals surface area (Å²) in [4.78, 5) is 0. The molecular formula is C8H6Cl2O. The van der Waals surface area contributed by atoms with Crippen molar-refractivity contribution in [2.75, 3.05) is 0 Å². The largest absolute Gasteiger partial charge is 0.347 e. The van der Waals surface area contributed by atoms with Gasteiger partial charge >= 0.3 is 0 Å². The fourth-order valence-electron chi connectivity index (χ4n) is 1.02. The Bertz CT molecular complexity index is 275. The number of hydrogen-bond donors (Lipinski definition) is 0. The van der Waals surface area contributed by atoms with Crippen LogP contribution in [0.1, 0.15) is 11.7 Å². The SMILES string of the molecule is Clc1ccccc1C1OC1Cl. The van der Waals surface area contributed by atoms with Gasteiger partial charge in [-0.3, -0.25) is 0 Å². The van der Waals surface area contributed by atoms with Gasteiger partial charge in [0.1, 0.15) is 6.10 Å². The highest BCUT2D eigenvalue weighted by atomic mass is 35.5. The van der Waals surface area contributed by atoms with Crippen LogP contribution in [0.3, 0.4) is 0 Å². The number of hydrogen-bond acceptors (Lipinski definition) is 1. The van der Waals surface area contributed by atoms with Gasteiger partial charge in [-0.15, -0.1) is 0 Å². The maximum absolute atomic E-state index is 5.89. The average molecular weight is 189 g/mol. The van der Waals surface area contributed by atoms with Gasteiger partial charge in [-0.1, -0.05) is 41.4 Å². The second kappa shape index (κ2) is 2.67. The molecule has 3 heteroatoms. The number of epoxide rings is 1. The molecule has 2 atom stereocenters. The third-order valence-corrected chi connectivity index (χ3v) is 2.33. The van der Waals surface area contributed by atoms with E-state index in [4.69, 9.17) is 27.9 Å². The van der Waals surface area contributed by atoms with E-state index in [1.165, 1.54) is 0 Å². The lowest BCUT2D eigenvalue weighted by Crippen LogP contribution is -1.82. The fraction of sp³-hybridized carbons (Fsp3) is 0.250. The first-order chi connectivity index (χ1) is 5.29. The number of rotatable bonds is 1. The quantitative estimate of drug-likeness (QED) is 0.488. The van der Waals surface area contributed by atoms with Gasteiger partial charge in [-0.2, -0.15) is 0 Å². The van der Waals surface area contributed by atoms with Crippen LogP contribution in [0.2, 0.25) is 5.02 Å². The van der Waals surface area contributed by atoms with E-state index in [-0.39, 0.29) is 11.7 Å². The molecule has 0 N–H and O–H groups in total. The topological polar surface area (TPSA) is 12.5 Å². The van der Waals surface area contributed by atoms with Crippen LogP contribution in [0.25, 0.3) is 0 Å². The van der Waals surface area contributed by atoms with Crippen LogP contribution < -0.4 is 0 Å². The zero-order valence-corrected chi connectivity index (χ0v) is 7.14. The van der Waals surface area contributed by atoms with Crippen LogP contribution in [0, 0.1) is 0 Å². The van der Waals surface area contributed by atoms with E-state index in [0.717, 1.165) is 10.6 Å². The van der Waals surface area contributed by atoms with E-state index in [0.29, 0.717) is 0 Å². The summed E-state index contributed by atoms with van der Waals surface area (Å²) in [7, 11) is 0. The van der Waals surface area contributed by atoms with Crippen LogP contribution in [0.5, 0.6) is 0 Å². The van der Waals surface area contributed by atoms with Crippen LogP contribution in [-0.2, 0) is 4.74 Å². The second-order valence-corrected chi connectivity index (χ2v) is 3.27. The minimum absolute atomic E-state index is 0.00497. The van der Waals surface area contributed by atoms with Crippen molar-refractivity contribution in [1.29, 1.82) is 0 Å². The molecule has 2 unspecified atom stereocenters. The summed E-state index contributed by atoms with van der Waals surface area (Å²) in [5.41, 5.74) is 0.795. The molecular weight excluding hydrogens is 183 g/mol. The first-order valence-corrected chi connectivity index (χ1v) is 4.14. The third-order valence-electron chi connectivity index (χ3n) is 1.65. The number of ether oxygens (including phenoxy) is 1. The molecule has 58 valence electrons. The first-order valence-electron chi connectivity index (χ1n) is 3.33. The second-order valence-electron chi connectivity index (χ2n) is 2.43. The highest BCUT2D eigenvalue weighted by Gasteiger charge is 2.39. The minimum Gasteiger partial charge on any atom is -0.347 e. The molecule has 1 nitrogen and oxygen atoms in total. The molecule has 0 spiro atoms. The van der Waals surface area contributed by atoms with Crippen LogP contribution in [0.4, 0.5) is 0 Å². The van der Waals surface area contributed by atoms with Crippen molar-refractivity contribution in [3.05, 3.63) is 34.9 Å². The molecule has 0 saturated carbocycles. The Balaban J connectivity index is 2.31. The molecule has 0 bridgehead atoms. The van der Waals surface area contributed by atoms with Gasteiger partial charge in [0, 0.05) is 10.6 Å². The summed E-state index contributed by atoms with van der Waals surface area (Å²) in [6.07, 6.45) is 0.00497. The van der Waals surface area contributed by atoms with Crippen molar-refractivity contribution in [3.8, 4) is 0 Å². The molecule has 0 amide bonds. The summed E-state index contributed by atoms with van der Waals surface area (Å²) in [5.74, 6) is 0. The van der Waals surface area contributed by atoms with Crippen molar-refractivity contribution in [1.82, 2.24) is 0 Å². The van der Waals surface area contributed by atoms with Gasteiger partial charge in [-0.25, -0.2) is 0 Å². The Kier molecular flexibility index (Phi) is 1.80. The monoisotopic (exact) mass is 188 g/mol. The van der Waals surface area contributed by atoms with Crippen molar-refractivity contribution in [3.63, 3.8) is 0 Å². The summed E-state index contributed by atoms with van der Waals surface area (Å²) in [5, 5.41) is 0.723. The van der Waals surface area contributed by atoms with Crippen molar-refractivity contribution in [2.45, 2.75) is 11.7 Å². The summed E-state index contributed by atoms with van der Waals surface area (Å²) < 4.78 is 5.06. The number of benzene rings is 1. The van der Waals surface area contributed by atoms with Gasteiger partial charge in [0.25, 0.3) is 0 Å². The van der Waals surface area contributed by atoms with E-state index >= 15 is 0 Å². The average Bonchev–Trinajstić information content (AvgIpc) is 2.68. The number of halogens is 2. The van der Waals surface area contributed by atoms with E-state index in [2.05, 4.69) is 0 Å². The first kappa shape index (κ1) is 7.41. The van der Waals surface area contributed by atoms with E-state index < -0.39 is 0 Å². The smallest absolute Gasteiger partial charge is 0.162 e. The van der Waals surface area contributed by atoms with Gasteiger partial charge < -0.3 is 4.74 Å². The Morgan fingerprint density at radius 2 is 1.91 bits per heavy atom. The molecule has 1 aromatic carbocycles. The standard InChI is InChI=1S/C8H6Cl2O/c9-6-4-2-1-3-5(6)7-8(10)11-7/h1-4,7-8H. The van der Waals surface area contributed by atoms with Crippen molar-refractivity contribution >= 4 is 23.2 Å². The van der Waals surface area contributed by atoms with Crippen molar-refractivity contribution < 1.29 is 4.74 Å². The highest BCUT2D eigenvalue weighted by molar-refractivity contribution is 6.31. The lowest BCUT2D eigenvalue weighted by molar-refractivity contribution is 0.404. The number of alkyl halides is 1. The lowest BCUT2D eigenvalue weighted by atomic mass is 10.2. The molecule has 1 aliphatic rings. The van der Waals surface area contributed by atoms with Crippen LogP contribution in [0.15, 0.2) is 24.3 Å². The van der Waals surface area contributed by atoms with Crippen LogP contribution >= 0.6 is 23.2 Å². The molecule has 11 heavy (non-hydrogen) atoms. The molecule has 0 aromatic heterocycles. The Hall–Kier alpha value is -0.240. The van der Waals surface area contributed by atoms with Gasteiger partial charge in [0.15, 0.2) is 5.56 Å². The van der Waals surface area contributed by atoms with Gasteiger partial charge in [0.2, 0.25) is 0 Å². The molecule has 1 aliphatic heterocycles. The Morgan fingerprint density at radius 3 is 2.45 bits per heavy atom.